The lowest BCUT2D eigenvalue weighted by Crippen LogP contribution is -2.11. The van der Waals surface area contributed by atoms with Gasteiger partial charge in [0.2, 0.25) is 0 Å². The first-order valence-electron chi connectivity index (χ1n) is 8.57. The van der Waals surface area contributed by atoms with E-state index in [0.717, 1.165) is 44.7 Å². The molecule has 5 nitrogen and oxygen atoms in total. The average Bonchev–Trinajstić information content (AvgIpc) is 3.05. The van der Waals surface area contributed by atoms with Crippen molar-refractivity contribution in [2.24, 2.45) is 0 Å². The van der Waals surface area contributed by atoms with Gasteiger partial charge in [-0.05, 0) is 71.1 Å². The first-order valence-corrected chi connectivity index (χ1v) is 10.6. The lowest BCUT2D eigenvalue weighted by molar-refractivity contribution is 0.0517. The third kappa shape index (κ3) is 3.58. The fourth-order valence-corrected chi connectivity index (χ4v) is 4.20. The van der Waals surface area contributed by atoms with E-state index in [1.165, 1.54) is 0 Å². The van der Waals surface area contributed by atoms with Crippen molar-refractivity contribution in [2.75, 3.05) is 20.0 Å². The van der Waals surface area contributed by atoms with E-state index in [4.69, 9.17) is 9.47 Å². The van der Waals surface area contributed by atoms with E-state index in [1.807, 2.05) is 23.8 Å². The average molecular weight is 449 g/mol. The number of carbonyl (C=O) groups excluding carboxylic acids is 1. The van der Waals surface area contributed by atoms with E-state index in [1.54, 1.807) is 36.6 Å². The van der Waals surface area contributed by atoms with Crippen LogP contribution in [0.25, 0.3) is 17.0 Å². The fraction of sp³-hybridized carbons (Fsp3) is 0.300. The van der Waals surface area contributed by atoms with Gasteiger partial charge in [0.15, 0.2) is 5.69 Å². The molecule has 0 radical (unpaired) electrons. The number of ether oxygens (including phenoxy) is 2. The van der Waals surface area contributed by atoms with E-state index >= 15 is 0 Å². The molecule has 0 atom stereocenters. The number of hydrogen-bond acceptors (Lipinski definition) is 5. The van der Waals surface area contributed by atoms with Crippen molar-refractivity contribution in [1.29, 1.82) is 0 Å². The van der Waals surface area contributed by atoms with E-state index in [2.05, 4.69) is 27.6 Å². The molecule has 0 unspecified atom stereocenters. The number of aryl methyl sites for hydroxylation is 1. The number of fused-ring (bicyclic) bond motifs is 3. The van der Waals surface area contributed by atoms with E-state index in [9.17, 15) is 4.79 Å². The number of rotatable bonds is 6. The van der Waals surface area contributed by atoms with Crippen molar-refractivity contribution in [3.8, 4) is 17.0 Å². The minimum absolute atomic E-state index is 0.314. The second-order valence-electron chi connectivity index (χ2n) is 5.93. The Morgan fingerprint density at radius 1 is 1.44 bits per heavy atom. The molecule has 0 saturated carbocycles. The first kappa shape index (κ1) is 19.8. The van der Waals surface area contributed by atoms with E-state index in [0.29, 0.717) is 18.7 Å². The highest BCUT2D eigenvalue weighted by Gasteiger charge is 2.30. The van der Waals surface area contributed by atoms with Crippen molar-refractivity contribution < 1.29 is 14.3 Å². The molecule has 1 aliphatic carbocycles. The number of nitrogens with zero attached hydrogens (tertiary/aromatic N) is 2. The Hall–Kier alpha value is -1.99. The molecule has 1 aromatic heterocycles. The predicted octanol–water partition coefficient (Wildman–Crippen LogP) is 4.94. The Morgan fingerprint density at radius 2 is 2.22 bits per heavy atom. The third-order valence-electron chi connectivity index (χ3n) is 4.42. The Labute approximate surface area is 171 Å². The summed E-state index contributed by atoms with van der Waals surface area (Å²) in [6.45, 7) is 6.02. The van der Waals surface area contributed by atoms with Gasteiger partial charge in [-0.3, -0.25) is 0 Å². The monoisotopic (exact) mass is 448 g/mol. The van der Waals surface area contributed by atoms with Crippen LogP contribution in [0.4, 0.5) is 0 Å². The molecule has 0 spiro atoms. The topological polar surface area (TPSA) is 53.4 Å². The second kappa shape index (κ2) is 8.35. The van der Waals surface area contributed by atoms with Crippen LogP contribution in [0.2, 0.25) is 0 Å². The molecule has 1 aliphatic rings. The van der Waals surface area contributed by atoms with Gasteiger partial charge >= 0.3 is 5.97 Å². The van der Waals surface area contributed by atoms with Gasteiger partial charge in [-0.2, -0.15) is 5.10 Å². The first-order chi connectivity index (χ1) is 13.0. The zero-order valence-electron chi connectivity index (χ0n) is 15.5. The number of hydrogen-bond donors (Lipinski definition) is 0. The largest absolute Gasteiger partial charge is 0.496 e. The molecule has 0 aliphatic heterocycles. The van der Waals surface area contributed by atoms with Gasteiger partial charge < -0.3 is 9.47 Å². The molecular formula is C20H21BrN2O3S. The summed E-state index contributed by atoms with van der Waals surface area (Å²) in [7, 11) is 1.65. The molecule has 3 rings (SSSR count). The number of allylic oxidation sites excluding steroid dienone is 2. The van der Waals surface area contributed by atoms with E-state index < -0.39 is 5.97 Å². The van der Waals surface area contributed by atoms with Crippen LogP contribution in [-0.4, -0.2) is 35.7 Å². The number of aromatic nitrogens is 2. The maximum atomic E-state index is 12.5. The van der Waals surface area contributed by atoms with Gasteiger partial charge in [-0.1, -0.05) is 6.58 Å². The van der Waals surface area contributed by atoms with Gasteiger partial charge in [-0.25, -0.2) is 9.48 Å². The van der Waals surface area contributed by atoms with Gasteiger partial charge in [0.1, 0.15) is 5.75 Å². The summed E-state index contributed by atoms with van der Waals surface area (Å²) in [5.74, 6) is 0.397. The SMILES string of the molecule is C=C/C(=C\SC)n1nc(C(=O)OCC)c2c1-c1cc(Br)c(OC)cc1CC2. The minimum Gasteiger partial charge on any atom is -0.496 e. The van der Waals surface area contributed by atoms with Crippen LogP contribution in [0, 0.1) is 0 Å². The highest BCUT2D eigenvalue weighted by molar-refractivity contribution is 9.10. The summed E-state index contributed by atoms with van der Waals surface area (Å²) < 4.78 is 13.3. The van der Waals surface area contributed by atoms with Crippen LogP contribution in [0.15, 0.2) is 34.7 Å². The molecule has 0 N–H and O–H groups in total. The standard InChI is InChI=1S/C20H21BrN2O3S/c1-5-13(11-27-4)23-19-14(18(22-23)20(24)26-6-2)8-7-12-9-17(25-3)16(21)10-15(12)19/h5,9-11H,1,6-8H2,2-4H3/b13-11+. The zero-order valence-corrected chi connectivity index (χ0v) is 17.9. The molecule has 142 valence electrons. The maximum Gasteiger partial charge on any atom is 0.359 e. The normalized spacial score (nSPS) is 13.0. The minimum atomic E-state index is -0.393. The molecule has 1 heterocycles. The number of carbonyl (C=O) groups is 1. The molecule has 0 saturated heterocycles. The number of methoxy groups -OCH3 is 1. The highest BCUT2D eigenvalue weighted by atomic mass is 79.9. The molecule has 7 heteroatoms. The van der Waals surface area contributed by atoms with Gasteiger partial charge in [0, 0.05) is 11.1 Å². The van der Waals surface area contributed by atoms with Crippen LogP contribution >= 0.6 is 27.7 Å². The van der Waals surface area contributed by atoms with Gasteiger partial charge in [-0.15, -0.1) is 11.8 Å². The number of halogens is 1. The fourth-order valence-electron chi connectivity index (χ4n) is 3.26. The van der Waals surface area contributed by atoms with Crippen molar-refractivity contribution in [2.45, 2.75) is 19.8 Å². The van der Waals surface area contributed by atoms with Crippen LogP contribution in [0.3, 0.4) is 0 Å². The lowest BCUT2D eigenvalue weighted by atomic mass is 9.88. The van der Waals surface area contributed by atoms with Crippen molar-refractivity contribution >= 4 is 39.4 Å². The Balaban J connectivity index is 2.29. The van der Waals surface area contributed by atoms with Crippen LogP contribution in [0.5, 0.6) is 5.75 Å². The summed E-state index contributed by atoms with van der Waals surface area (Å²) in [4.78, 5) is 12.5. The maximum absolute atomic E-state index is 12.5. The number of thioether (sulfide) groups is 1. The molecule has 2 aromatic rings. The summed E-state index contributed by atoms with van der Waals surface area (Å²) >= 11 is 5.13. The van der Waals surface area contributed by atoms with Crippen LogP contribution in [-0.2, 0) is 17.6 Å². The van der Waals surface area contributed by atoms with Crippen LogP contribution in [0.1, 0.15) is 28.5 Å². The third-order valence-corrected chi connectivity index (χ3v) is 5.52. The summed E-state index contributed by atoms with van der Waals surface area (Å²) in [6.07, 6.45) is 5.23. The smallest absolute Gasteiger partial charge is 0.359 e. The highest BCUT2D eigenvalue weighted by Crippen LogP contribution is 2.41. The molecular weight excluding hydrogens is 428 g/mol. The molecule has 0 bridgehead atoms. The van der Waals surface area contributed by atoms with Crippen LogP contribution < -0.4 is 4.74 Å². The van der Waals surface area contributed by atoms with Crippen molar-refractivity contribution in [3.63, 3.8) is 0 Å². The van der Waals surface area contributed by atoms with Gasteiger partial charge in [0.05, 0.1) is 29.6 Å². The quantitative estimate of drug-likeness (QED) is 0.462. The Morgan fingerprint density at radius 3 is 2.85 bits per heavy atom. The Bertz CT molecular complexity index is 934. The summed E-state index contributed by atoms with van der Waals surface area (Å²) in [6, 6.07) is 4.06. The molecule has 1 aromatic carbocycles. The van der Waals surface area contributed by atoms with Crippen molar-refractivity contribution in [3.05, 3.63) is 51.5 Å². The van der Waals surface area contributed by atoms with E-state index in [-0.39, 0.29) is 0 Å². The Kier molecular flexibility index (Phi) is 6.11. The molecule has 0 fully saturated rings. The van der Waals surface area contributed by atoms with Gasteiger partial charge in [0.25, 0.3) is 0 Å². The lowest BCUT2D eigenvalue weighted by Gasteiger charge is -2.20. The predicted molar refractivity (Wildman–Crippen MR) is 113 cm³/mol. The second-order valence-corrected chi connectivity index (χ2v) is 7.50. The zero-order chi connectivity index (χ0) is 19.6. The summed E-state index contributed by atoms with van der Waals surface area (Å²) in [5, 5.41) is 6.57. The number of benzene rings is 1. The van der Waals surface area contributed by atoms with Crippen molar-refractivity contribution in [1.82, 2.24) is 9.78 Å². The molecule has 27 heavy (non-hydrogen) atoms. The summed E-state index contributed by atoms with van der Waals surface area (Å²) in [5.41, 5.74) is 5.19. The molecule has 0 amide bonds. The number of esters is 1.